The van der Waals surface area contributed by atoms with Crippen LogP contribution in [0.25, 0.3) is 0 Å². The monoisotopic (exact) mass is 355 g/mol. The van der Waals surface area contributed by atoms with E-state index in [0.717, 1.165) is 17.7 Å². The van der Waals surface area contributed by atoms with E-state index >= 15 is 0 Å². The van der Waals surface area contributed by atoms with Crippen LogP contribution >= 0.6 is 0 Å². The molecule has 1 aliphatic heterocycles. The molecule has 2 aromatic rings. The minimum atomic E-state index is -0.315. The number of carbonyl (C=O) groups excluding carboxylic acids is 1. The molecule has 1 aliphatic rings. The van der Waals surface area contributed by atoms with Gasteiger partial charge in [-0.3, -0.25) is 14.6 Å². The van der Waals surface area contributed by atoms with E-state index in [9.17, 15) is 9.59 Å². The van der Waals surface area contributed by atoms with Crippen LogP contribution in [0.3, 0.4) is 0 Å². The summed E-state index contributed by atoms with van der Waals surface area (Å²) in [5, 5.41) is 3.03. The Bertz CT molecular complexity index is 845. The summed E-state index contributed by atoms with van der Waals surface area (Å²) in [5.74, 6) is -0.134. The first-order chi connectivity index (χ1) is 12.5. The van der Waals surface area contributed by atoms with Crippen molar-refractivity contribution in [2.75, 3.05) is 13.2 Å². The van der Waals surface area contributed by atoms with Crippen molar-refractivity contribution in [1.29, 1.82) is 0 Å². The molecule has 3 heterocycles. The summed E-state index contributed by atoms with van der Waals surface area (Å²) in [4.78, 5) is 29.6. The SMILES string of the molecule is CCn1c(C)cc(C)c(C(=O)N[C@H]2COC[C@H]2Cc2ccncc2)c1=O. The van der Waals surface area contributed by atoms with Gasteiger partial charge in [-0.1, -0.05) is 0 Å². The Kier molecular flexibility index (Phi) is 5.52. The number of carbonyl (C=O) groups is 1. The molecular formula is C20H25N3O3. The highest BCUT2D eigenvalue weighted by atomic mass is 16.5. The quantitative estimate of drug-likeness (QED) is 0.889. The van der Waals surface area contributed by atoms with Crippen LogP contribution in [0.2, 0.25) is 0 Å². The average molecular weight is 355 g/mol. The molecule has 138 valence electrons. The minimum Gasteiger partial charge on any atom is -0.379 e. The highest BCUT2D eigenvalue weighted by Crippen LogP contribution is 2.19. The molecule has 1 N–H and O–H groups in total. The number of hydrogen-bond donors (Lipinski definition) is 1. The highest BCUT2D eigenvalue weighted by molar-refractivity contribution is 5.95. The third kappa shape index (κ3) is 3.70. The number of rotatable bonds is 5. The van der Waals surface area contributed by atoms with Crippen molar-refractivity contribution in [3.8, 4) is 0 Å². The largest absolute Gasteiger partial charge is 0.379 e. The summed E-state index contributed by atoms with van der Waals surface area (Å²) < 4.78 is 7.22. The number of ether oxygens (including phenoxy) is 1. The van der Waals surface area contributed by atoms with E-state index in [0.29, 0.717) is 25.3 Å². The molecule has 2 aromatic heterocycles. The Balaban J connectivity index is 1.78. The van der Waals surface area contributed by atoms with Gasteiger partial charge in [0, 0.05) is 30.6 Å². The maximum absolute atomic E-state index is 12.8. The predicted octanol–water partition coefficient (Wildman–Crippen LogP) is 1.87. The van der Waals surface area contributed by atoms with Crippen LogP contribution in [-0.2, 0) is 17.7 Å². The number of pyridine rings is 2. The Labute approximate surface area is 153 Å². The summed E-state index contributed by atoms with van der Waals surface area (Å²) >= 11 is 0. The fourth-order valence-corrected chi connectivity index (χ4v) is 3.62. The molecule has 3 rings (SSSR count). The maximum atomic E-state index is 12.8. The van der Waals surface area contributed by atoms with Gasteiger partial charge >= 0.3 is 0 Å². The van der Waals surface area contributed by atoms with Gasteiger partial charge in [0.1, 0.15) is 5.56 Å². The van der Waals surface area contributed by atoms with Gasteiger partial charge in [0.25, 0.3) is 11.5 Å². The molecule has 0 spiro atoms. The first kappa shape index (κ1) is 18.3. The van der Waals surface area contributed by atoms with Crippen molar-refractivity contribution >= 4 is 5.91 Å². The summed E-state index contributed by atoms with van der Waals surface area (Å²) in [6.07, 6.45) is 4.34. The minimum absolute atomic E-state index is 0.106. The van der Waals surface area contributed by atoms with Gasteiger partial charge in [-0.15, -0.1) is 0 Å². The average Bonchev–Trinajstić information content (AvgIpc) is 3.02. The van der Waals surface area contributed by atoms with Gasteiger partial charge in [-0.2, -0.15) is 0 Å². The number of aromatic nitrogens is 2. The van der Waals surface area contributed by atoms with Crippen molar-refractivity contribution in [2.24, 2.45) is 5.92 Å². The van der Waals surface area contributed by atoms with Crippen molar-refractivity contribution in [3.05, 3.63) is 63.3 Å². The summed E-state index contributed by atoms with van der Waals surface area (Å²) in [5.41, 5.74) is 2.74. The molecule has 0 bridgehead atoms. The lowest BCUT2D eigenvalue weighted by Crippen LogP contribution is -2.43. The van der Waals surface area contributed by atoms with Gasteiger partial charge in [0.2, 0.25) is 0 Å². The first-order valence-electron chi connectivity index (χ1n) is 8.99. The van der Waals surface area contributed by atoms with E-state index in [2.05, 4.69) is 10.3 Å². The van der Waals surface area contributed by atoms with E-state index in [-0.39, 0.29) is 29.0 Å². The zero-order valence-corrected chi connectivity index (χ0v) is 15.5. The first-order valence-corrected chi connectivity index (χ1v) is 8.99. The summed E-state index contributed by atoms with van der Waals surface area (Å²) in [6.45, 7) is 7.20. The molecule has 0 saturated carbocycles. The molecule has 0 unspecified atom stereocenters. The summed E-state index contributed by atoms with van der Waals surface area (Å²) in [7, 11) is 0. The molecule has 26 heavy (non-hydrogen) atoms. The lowest BCUT2D eigenvalue weighted by atomic mass is 9.95. The standard InChI is InChI=1S/C20H25N3O3/c1-4-23-14(3)9-13(2)18(20(23)25)19(24)22-17-12-26-11-16(17)10-15-5-7-21-8-6-15/h5-9,16-17H,4,10-12H2,1-3H3,(H,22,24)/t16-,17+/m1/s1. The number of nitrogens with zero attached hydrogens (tertiary/aromatic N) is 2. The second kappa shape index (κ2) is 7.83. The Morgan fingerprint density at radius 1 is 1.31 bits per heavy atom. The third-order valence-electron chi connectivity index (χ3n) is 5.01. The second-order valence-corrected chi connectivity index (χ2v) is 6.83. The van der Waals surface area contributed by atoms with Crippen molar-refractivity contribution in [1.82, 2.24) is 14.9 Å². The van der Waals surface area contributed by atoms with E-state index in [1.54, 1.807) is 17.0 Å². The third-order valence-corrected chi connectivity index (χ3v) is 5.01. The topological polar surface area (TPSA) is 73.2 Å². The fraction of sp³-hybridized carbons (Fsp3) is 0.450. The zero-order valence-electron chi connectivity index (χ0n) is 15.5. The fourth-order valence-electron chi connectivity index (χ4n) is 3.62. The number of hydrogen-bond acceptors (Lipinski definition) is 4. The van der Waals surface area contributed by atoms with Crippen LogP contribution in [0.15, 0.2) is 35.4 Å². The van der Waals surface area contributed by atoms with Gasteiger partial charge in [-0.25, -0.2) is 0 Å². The van der Waals surface area contributed by atoms with Crippen LogP contribution in [0.4, 0.5) is 0 Å². The van der Waals surface area contributed by atoms with Gasteiger partial charge in [0.15, 0.2) is 0 Å². The van der Waals surface area contributed by atoms with Crippen molar-refractivity contribution in [3.63, 3.8) is 0 Å². The number of aryl methyl sites for hydroxylation is 2. The summed E-state index contributed by atoms with van der Waals surface area (Å²) in [6, 6.07) is 5.73. The molecule has 6 nitrogen and oxygen atoms in total. The Morgan fingerprint density at radius 2 is 2.04 bits per heavy atom. The van der Waals surface area contributed by atoms with Crippen LogP contribution in [0.5, 0.6) is 0 Å². The van der Waals surface area contributed by atoms with E-state index < -0.39 is 0 Å². The van der Waals surface area contributed by atoms with Gasteiger partial charge in [0.05, 0.1) is 19.3 Å². The molecule has 1 saturated heterocycles. The molecular weight excluding hydrogens is 330 g/mol. The molecule has 6 heteroatoms. The lowest BCUT2D eigenvalue weighted by molar-refractivity contribution is 0.0922. The number of amides is 1. The van der Waals surface area contributed by atoms with Gasteiger partial charge < -0.3 is 14.6 Å². The van der Waals surface area contributed by atoms with Crippen molar-refractivity contribution < 1.29 is 9.53 Å². The van der Waals surface area contributed by atoms with E-state index in [1.807, 2.05) is 39.0 Å². The van der Waals surface area contributed by atoms with E-state index in [1.165, 1.54) is 0 Å². The number of nitrogens with one attached hydrogen (secondary N) is 1. The Morgan fingerprint density at radius 3 is 2.73 bits per heavy atom. The van der Waals surface area contributed by atoms with E-state index in [4.69, 9.17) is 4.74 Å². The molecule has 0 aliphatic carbocycles. The highest BCUT2D eigenvalue weighted by Gasteiger charge is 2.31. The molecule has 1 fully saturated rings. The molecule has 0 aromatic carbocycles. The Hall–Kier alpha value is -2.47. The van der Waals surface area contributed by atoms with Crippen LogP contribution in [0, 0.1) is 19.8 Å². The smallest absolute Gasteiger partial charge is 0.263 e. The normalized spacial score (nSPS) is 19.5. The van der Waals surface area contributed by atoms with Crippen LogP contribution in [-0.4, -0.2) is 34.7 Å². The van der Waals surface area contributed by atoms with Crippen molar-refractivity contribution in [2.45, 2.75) is 39.8 Å². The molecule has 1 amide bonds. The lowest BCUT2D eigenvalue weighted by Gasteiger charge is -2.20. The zero-order chi connectivity index (χ0) is 18.7. The maximum Gasteiger partial charge on any atom is 0.263 e. The van der Waals surface area contributed by atoms with Gasteiger partial charge in [-0.05, 0) is 56.5 Å². The van der Waals surface area contributed by atoms with Crippen LogP contribution in [0.1, 0.15) is 34.1 Å². The second-order valence-electron chi connectivity index (χ2n) is 6.83. The predicted molar refractivity (Wildman–Crippen MR) is 99.4 cm³/mol. The molecule has 0 radical (unpaired) electrons. The molecule has 2 atom stereocenters. The van der Waals surface area contributed by atoms with Crippen LogP contribution < -0.4 is 10.9 Å².